The molecule has 516 valence electrons. The van der Waals surface area contributed by atoms with Crippen molar-refractivity contribution in [1.82, 2.24) is 21.3 Å². The van der Waals surface area contributed by atoms with Crippen molar-refractivity contribution in [3.05, 3.63) is 260 Å². The van der Waals surface area contributed by atoms with Crippen molar-refractivity contribution < 1.29 is 76.3 Å². The van der Waals surface area contributed by atoms with Gasteiger partial charge in [-0.05, 0) is 95.5 Å². The lowest BCUT2D eigenvalue weighted by molar-refractivity contribution is -0.145. The van der Waals surface area contributed by atoms with Crippen LogP contribution in [0.4, 0.5) is 0 Å². The molecule has 8 aromatic carbocycles. The van der Waals surface area contributed by atoms with Crippen LogP contribution in [0, 0.1) is 27.7 Å². The molecule has 8 rings (SSSR count). The second kappa shape index (κ2) is 36.7. The van der Waals surface area contributed by atoms with E-state index in [1.165, 1.54) is 28.4 Å². The molecule has 0 aromatic heterocycles. The highest BCUT2D eigenvalue weighted by Crippen LogP contribution is 2.38. The predicted molar refractivity (Wildman–Crippen MR) is 371 cm³/mol. The van der Waals surface area contributed by atoms with E-state index >= 15 is 0 Å². The van der Waals surface area contributed by atoms with Crippen molar-refractivity contribution in [2.24, 2.45) is 0 Å². The smallest absolute Gasteiger partial charge is 0.328 e. The number of hydrogen-bond donors (Lipinski definition) is 4. The first-order valence-electron chi connectivity index (χ1n) is 32.4. The second-order valence-corrected chi connectivity index (χ2v) is 24.1. The minimum Gasteiger partial charge on any atom is -0.483 e. The second-order valence-electron chi connectivity index (χ2n) is 24.1. The van der Waals surface area contributed by atoms with Gasteiger partial charge in [0.05, 0.1) is 28.4 Å². The summed E-state index contributed by atoms with van der Waals surface area (Å²) in [5, 5.41) is 11.2. The fourth-order valence-electron chi connectivity index (χ4n) is 11.6. The zero-order valence-electron chi connectivity index (χ0n) is 56.9. The number of methoxy groups -OCH3 is 4. The first-order valence-corrected chi connectivity index (χ1v) is 32.4. The maximum atomic E-state index is 14.3. The topological polar surface area (TPSA) is 259 Å². The van der Waals surface area contributed by atoms with Crippen LogP contribution in [0.15, 0.2) is 182 Å². The zero-order valence-corrected chi connectivity index (χ0v) is 56.9. The van der Waals surface area contributed by atoms with Crippen LogP contribution in [0.1, 0.15) is 77.9 Å². The molecule has 20 nitrogen and oxygen atoms in total. The molecule has 0 aliphatic heterocycles. The summed E-state index contributed by atoms with van der Waals surface area (Å²) in [7, 11) is 5.00. The lowest BCUT2D eigenvalue weighted by Crippen LogP contribution is -2.45. The van der Waals surface area contributed by atoms with Crippen LogP contribution in [0.2, 0.25) is 0 Å². The first kappa shape index (κ1) is 73.5. The van der Waals surface area contributed by atoms with Crippen molar-refractivity contribution in [1.29, 1.82) is 0 Å². The Hall–Kier alpha value is -11.3. The third-order valence-corrected chi connectivity index (χ3v) is 16.2. The Balaban J connectivity index is 1.17. The molecule has 4 N–H and O–H groups in total. The summed E-state index contributed by atoms with van der Waals surface area (Å²) in [5.41, 5.74) is 10.2. The third kappa shape index (κ3) is 22.4. The molecule has 0 unspecified atom stereocenters. The number of carbonyl (C=O) groups excluding carboxylic acids is 8. The zero-order chi connectivity index (χ0) is 70.8. The van der Waals surface area contributed by atoms with Gasteiger partial charge >= 0.3 is 23.9 Å². The number of nitrogens with one attached hydrogen (secondary N) is 4. The highest BCUT2D eigenvalue weighted by Gasteiger charge is 2.29. The molecule has 0 saturated heterocycles. The molecule has 4 atom stereocenters. The molecule has 99 heavy (non-hydrogen) atoms. The molecule has 4 amide bonds. The number of ether oxygens (including phenoxy) is 8. The molecular formula is C79H84N4O16. The molecule has 0 saturated carbocycles. The van der Waals surface area contributed by atoms with Crippen LogP contribution < -0.4 is 40.2 Å². The summed E-state index contributed by atoms with van der Waals surface area (Å²) in [6, 6.07) is 51.3. The van der Waals surface area contributed by atoms with Crippen molar-refractivity contribution >= 4 is 47.5 Å². The van der Waals surface area contributed by atoms with Gasteiger partial charge in [-0.1, -0.05) is 192 Å². The summed E-state index contributed by atoms with van der Waals surface area (Å²) in [5.74, 6) is -3.67. The molecular weight excluding hydrogens is 1260 g/mol. The summed E-state index contributed by atoms with van der Waals surface area (Å²) in [6.45, 7) is 5.59. The third-order valence-electron chi connectivity index (χ3n) is 16.2. The van der Waals surface area contributed by atoms with Crippen LogP contribution >= 0.6 is 0 Å². The van der Waals surface area contributed by atoms with E-state index in [4.69, 9.17) is 37.9 Å². The van der Waals surface area contributed by atoms with Gasteiger partial charge in [-0.25, -0.2) is 19.2 Å². The van der Waals surface area contributed by atoms with E-state index in [-0.39, 0.29) is 44.9 Å². The maximum absolute atomic E-state index is 14.3. The summed E-state index contributed by atoms with van der Waals surface area (Å²) < 4.78 is 46.4. The van der Waals surface area contributed by atoms with Crippen LogP contribution in [0.25, 0.3) is 0 Å². The quantitative estimate of drug-likeness (QED) is 0.0217. The number of hydrogen-bond acceptors (Lipinski definition) is 16. The van der Waals surface area contributed by atoms with Gasteiger partial charge in [0.1, 0.15) is 47.2 Å². The molecule has 8 aromatic rings. The Morgan fingerprint density at radius 3 is 0.778 bits per heavy atom. The number of carbonyl (C=O) groups is 8. The van der Waals surface area contributed by atoms with Crippen molar-refractivity contribution in [2.45, 2.75) is 96.8 Å². The number of rotatable bonds is 34. The number of aryl methyl sites for hydroxylation is 4. The minimum absolute atomic E-state index is 0.0677. The molecule has 0 spiro atoms. The number of esters is 4. The average molecular weight is 1350 g/mol. The molecule has 0 aliphatic carbocycles. The molecule has 0 radical (unpaired) electrons. The minimum atomic E-state index is -1.07. The van der Waals surface area contributed by atoms with E-state index in [1.807, 2.05) is 198 Å². The van der Waals surface area contributed by atoms with E-state index in [2.05, 4.69) is 21.3 Å². The van der Waals surface area contributed by atoms with Crippen LogP contribution in [-0.2, 0) is 102 Å². The highest BCUT2D eigenvalue weighted by atomic mass is 16.5. The Morgan fingerprint density at radius 2 is 0.525 bits per heavy atom. The van der Waals surface area contributed by atoms with Gasteiger partial charge in [0.15, 0.2) is 26.4 Å². The molecule has 0 bridgehead atoms. The van der Waals surface area contributed by atoms with Gasteiger partial charge in [-0.3, -0.25) is 19.2 Å². The Labute approximate surface area is 577 Å². The van der Waals surface area contributed by atoms with E-state index < -0.39 is 98.1 Å². The van der Waals surface area contributed by atoms with Gasteiger partial charge in [0.25, 0.3) is 23.6 Å². The van der Waals surface area contributed by atoms with Crippen molar-refractivity contribution in [3.63, 3.8) is 0 Å². The molecule has 0 aliphatic rings. The largest absolute Gasteiger partial charge is 0.483 e. The monoisotopic (exact) mass is 1340 g/mol. The Morgan fingerprint density at radius 1 is 0.293 bits per heavy atom. The van der Waals surface area contributed by atoms with Crippen LogP contribution in [0.3, 0.4) is 0 Å². The predicted octanol–water partition coefficient (Wildman–Crippen LogP) is 8.81. The maximum Gasteiger partial charge on any atom is 0.328 e. The standard InChI is InChI=1S/C79H84N4O16/c1-50-29-31-68(96-46-70(84)80-64(76(88)92-5)39-54-21-13-9-14-22-54)58(33-50)43-60-35-52(3)37-62(74(60)98-48-72(86)82-66(78(90)94-7)41-56-25-17-11-18-26-56)45-63-38-53(4)36-61(75(63)99-49-73(87)83-67(79(91)95-8)42-57-27-19-12-20-28-57)44-59-34-51(2)30-32-69(59)97-47-71(85)81-65(77(89)93-6)40-55-23-15-10-16-24-55/h9-38,64-67H,39-49H2,1-8H3,(H,80,84)(H,81,85)(H,82,86)(H,83,87)/t64-,65-,66-,67-/m0/s1. The van der Waals surface area contributed by atoms with Gasteiger partial charge in [0.2, 0.25) is 0 Å². The van der Waals surface area contributed by atoms with E-state index in [9.17, 15) is 38.4 Å². The molecule has 0 fully saturated rings. The first-order chi connectivity index (χ1) is 47.8. The lowest BCUT2D eigenvalue weighted by atomic mass is 9.91. The fourth-order valence-corrected chi connectivity index (χ4v) is 11.6. The van der Waals surface area contributed by atoms with Crippen LogP contribution in [0.5, 0.6) is 23.0 Å². The van der Waals surface area contributed by atoms with Gasteiger partial charge in [-0.15, -0.1) is 0 Å². The normalized spacial score (nSPS) is 12.0. The Bertz CT molecular complexity index is 3830. The molecule has 0 heterocycles. The Kier molecular flexibility index (Phi) is 27.3. The summed E-state index contributed by atoms with van der Waals surface area (Å²) >= 11 is 0. The van der Waals surface area contributed by atoms with Crippen molar-refractivity contribution in [2.75, 3.05) is 54.9 Å². The highest BCUT2D eigenvalue weighted by molar-refractivity contribution is 5.88. The fraction of sp³-hybridized carbons (Fsp3) is 0.291. The summed E-state index contributed by atoms with van der Waals surface area (Å²) in [4.78, 5) is 108. The van der Waals surface area contributed by atoms with E-state index in [1.54, 1.807) is 12.1 Å². The average Bonchev–Trinajstić information content (AvgIpc) is 0.795. The lowest BCUT2D eigenvalue weighted by Gasteiger charge is -2.23. The van der Waals surface area contributed by atoms with Gasteiger partial charge in [0, 0.05) is 44.9 Å². The number of amides is 4. The van der Waals surface area contributed by atoms with Crippen molar-refractivity contribution in [3.8, 4) is 23.0 Å². The molecule has 20 heteroatoms. The van der Waals surface area contributed by atoms with E-state index in [0.717, 1.165) is 44.5 Å². The number of benzene rings is 8. The van der Waals surface area contributed by atoms with E-state index in [0.29, 0.717) is 56.4 Å². The van der Waals surface area contributed by atoms with Crippen LogP contribution in [-0.4, -0.2) is 127 Å². The summed E-state index contributed by atoms with van der Waals surface area (Å²) in [6.07, 6.45) is 0.982. The SMILES string of the molecule is COC(=O)[C@H](Cc1ccccc1)NC(=O)COc1ccc(C)cc1Cc1cc(C)cc(Cc2cc(C)cc(Cc3cc(C)ccc3OCC(=O)N[C@@H](Cc3ccccc3)C(=O)OC)c2OCC(=O)N[C@@H](Cc2ccccc2)C(=O)OC)c1OCC(=O)N[C@@H](Cc1ccccc1)C(=O)OC. The van der Waals surface area contributed by atoms with Gasteiger partial charge < -0.3 is 59.2 Å². The van der Waals surface area contributed by atoms with Gasteiger partial charge in [-0.2, -0.15) is 0 Å².